The Morgan fingerprint density at radius 1 is 1.15 bits per heavy atom. The maximum atomic E-state index is 12.4. The van der Waals surface area contributed by atoms with Gasteiger partial charge in [-0.15, -0.1) is 11.3 Å². The van der Waals surface area contributed by atoms with Crippen molar-refractivity contribution in [2.75, 3.05) is 5.32 Å². The quantitative estimate of drug-likeness (QED) is 0.569. The van der Waals surface area contributed by atoms with Crippen LogP contribution in [0.3, 0.4) is 0 Å². The van der Waals surface area contributed by atoms with Gasteiger partial charge in [0, 0.05) is 8.45 Å². The second-order valence-electron chi connectivity index (χ2n) is 5.05. The second-order valence-corrected chi connectivity index (χ2v) is 7.35. The van der Waals surface area contributed by atoms with E-state index in [1.165, 1.54) is 29.7 Å². The van der Waals surface area contributed by atoms with Crippen LogP contribution in [0, 0.1) is 3.57 Å². The fraction of sp³-hybridized carbons (Fsp3) is 0.312. The highest BCUT2D eigenvalue weighted by Gasteiger charge is 2.16. The van der Waals surface area contributed by atoms with Gasteiger partial charge in [-0.25, -0.2) is 0 Å². The van der Waals surface area contributed by atoms with Crippen LogP contribution in [0.1, 0.15) is 39.4 Å². The average molecular weight is 397 g/mol. The third-order valence-electron chi connectivity index (χ3n) is 3.59. The van der Waals surface area contributed by atoms with Crippen LogP contribution in [0.2, 0.25) is 0 Å². The smallest absolute Gasteiger partial charge is 0.265 e. The number of thiophene rings is 1. The van der Waals surface area contributed by atoms with Crippen molar-refractivity contribution in [3.63, 3.8) is 0 Å². The summed E-state index contributed by atoms with van der Waals surface area (Å²) in [7, 11) is 0. The standard InChI is InChI=1S/C16H16INOS/c17-12-7-4-5-8-13(12)18-16(19)15-10-11-6-2-1-3-9-14(11)20-15/h4-5,7-8,10H,1-3,6,9H2,(H,18,19). The maximum absolute atomic E-state index is 12.4. The largest absolute Gasteiger partial charge is 0.320 e. The molecule has 0 unspecified atom stereocenters. The fourth-order valence-corrected chi connectivity index (χ4v) is 4.20. The van der Waals surface area contributed by atoms with E-state index in [2.05, 4.69) is 34.0 Å². The molecule has 0 atom stereocenters. The molecule has 1 amide bonds. The molecule has 0 radical (unpaired) electrons. The number of carbonyl (C=O) groups is 1. The predicted molar refractivity (Wildman–Crippen MR) is 92.7 cm³/mol. The number of benzene rings is 1. The molecule has 2 nitrogen and oxygen atoms in total. The molecule has 0 saturated heterocycles. The number of hydrogen-bond acceptors (Lipinski definition) is 2. The molecule has 0 saturated carbocycles. The van der Waals surface area contributed by atoms with Crippen molar-refractivity contribution < 1.29 is 4.79 Å². The molecule has 4 heteroatoms. The summed E-state index contributed by atoms with van der Waals surface area (Å²) < 4.78 is 1.07. The van der Waals surface area contributed by atoms with Gasteiger partial charge in [-0.1, -0.05) is 18.6 Å². The summed E-state index contributed by atoms with van der Waals surface area (Å²) in [6.45, 7) is 0. The number of fused-ring (bicyclic) bond motifs is 1. The highest BCUT2D eigenvalue weighted by molar-refractivity contribution is 14.1. The van der Waals surface area contributed by atoms with Gasteiger partial charge in [-0.2, -0.15) is 0 Å². The number of para-hydroxylation sites is 1. The summed E-state index contributed by atoms with van der Waals surface area (Å²) in [5, 5.41) is 3.02. The van der Waals surface area contributed by atoms with Gasteiger partial charge in [-0.3, -0.25) is 4.79 Å². The van der Waals surface area contributed by atoms with Crippen molar-refractivity contribution in [3.05, 3.63) is 49.2 Å². The zero-order valence-electron chi connectivity index (χ0n) is 11.1. The summed E-state index contributed by atoms with van der Waals surface area (Å²) in [6, 6.07) is 9.96. The highest BCUT2D eigenvalue weighted by Crippen LogP contribution is 2.29. The lowest BCUT2D eigenvalue weighted by molar-refractivity contribution is 0.103. The molecule has 0 fully saturated rings. The first-order valence-electron chi connectivity index (χ1n) is 6.91. The van der Waals surface area contributed by atoms with Crippen LogP contribution in [0.25, 0.3) is 0 Å². The second kappa shape index (κ2) is 6.26. The zero-order valence-corrected chi connectivity index (χ0v) is 14.1. The maximum Gasteiger partial charge on any atom is 0.265 e. The Hall–Kier alpha value is -0.880. The molecule has 104 valence electrons. The molecule has 1 N–H and O–H groups in total. The monoisotopic (exact) mass is 397 g/mol. The summed E-state index contributed by atoms with van der Waals surface area (Å²) in [5.74, 6) is 0.0205. The van der Waals surface area contributed by atoms with E-state index in [0.717, 1.165) is 27.0 Å². The van der Waals surface area contributed by atoms with Gasteiger partial charge in [0.15, 0.2) is 0 Å². The average Bonchev–Trinajstić information content (AvgIpc) is 2.73. The molecule has 1 aliphatic rings. The Morgan fingerprint density at radius 2 is 1.95 bits per heavy atom. The molecule has 0 bridgehead atoms. The topological polar surface area (TPSA) is 29.1 Å². The third-order valence-corrected chi connectivity index (χ3v) is 5.77. The first-order valence-corrected chi connectivity index (χ1v) is 8.81. The van der Waals surface area contributed by atoms with Crippen LogP contribution in [0.5, 0.6) is 0 Å². The van der Waals surface area contributed by atoms with Gasteiger partial charge in [0.05, 0.1) is 10.6 Å². The molecular weight excluding hydrogens is 381 g/mol. The van der Waals surface area contributed by atoms with Gasteiger partial charge in [0.25, 0.3) is 5.91 Å². The van der Waals surface area contributed by atoms with Crippen LogP contribution < -0.4 is 5.32 Å². The SMILES string of the molecule is O=C(Nc1ccccc1I)c1cc2c(s1)CCCCC2. The van der Waals surface area contributed by atoms with Crippen molar-refractivity contribution in [3.8, 4) is 0 Å². The van der Waals surface area contributed by atoms with E-state index < -0.39 is 0 Å². The molecule has 2 aromatic rings. The van der Waals surface area contributed by atoms with Crippen molar-refractivity contribution >= 4 is 45.5 Å². The first kappa shape index (κ1) is 14.1. The van der Waals surface area contributed by atoms with E-state index in [1.54, 1.807) is 11.3 Å². The predicted octanol–water partition coefficient (Wildman–Crippen LogP) is 4.87. The lowest BCUT2D eigenvalue weighted by Crippen LogP contribution is -2.11. The molecule has 1 heterocycles. The number of carbonyl (C=O) groups excluding carboxylic acids is 1. The molecule has 3 rings (SSSR count). The summed E-state index contributed by atoms with van der Waals surface area (Å²) in [5.41, 5.74) is 2.28. The third kappa shape index (κ3) is 3.06. The Labute approximate surface area is 136 Å². The van der Waals surface area contributed by atoms with Gasteiger partial charge in [0.2, 0.25) is 0 Å². The molecule has 20 heavy (non-hydrogen) atoms. The molecule has 0 aliphatic heterocycles. The van der Waals surface area contributed by atoms with E-state index in [0.29, 0.717) is 0 Å². The van der Waals surface area contributed by atoms with E-state index >= 15 is 0 Å². The normalized spacial score (nSPS) is 14.4. The van der Waals surface area contributed by atoms with Crippen molar-refractivity contribution in [2.24, 2.45) is 0 Å². The van der Waals surface area contributed by atoms with Gasteiger partial charge < -0.3 is 5.32 Å². The Balaban J connectivity index is 1.79. The number of hydrogen-bond donors (Lipinski definition) is 1. The van der Waals surface area contributed by atoms with E-state index in [-0.39, 0.29) is 5.91 Å². The zero-order chi connectivity index (χ0) is 13.9. The summed E-state index contributed by atoms with van der Waals surface area (Å²) in [6.07, 6.45) is 6.08. The van der Waals surface area contributed by atoms with Crippen LogP contribution in [0.15, 0.2) is 30.3 Å². The minimum Gasteiger partial charge on any atom is -0.320 e. The Morgan fingerprint density at radius 3 is 2.80 bits per heavy atom. The number of rotatable bonds is 2. The summed E-state index contributed by atoms with van der Waals surface area (Å²) >= 11 is 3.91. The number of aryl methyl sites for hydroxylation is 2. The first-order chi connectivity index (χ1) is 9.74. The molecule has 0 spiro atoms. The van der Waals surface area contributed by atoms with E-state index in [9.17, 15) is 4.79 Å². The van der Waals surface area contributed by atoms with Gasteiger partial charge >= 0.3 is 0 Å². The van der Waals surface area contributed by atoms with Crippen molar-refractivity contribution in [1.82, 2.24) is 0 Å². The van der Waals surface area contributed by atoms with E-state index in [4.69, 9.17) is 0 Å². The molecule has 1 aliphatic carbocycles. The molecule has 1 aromatic carbocycles. The molecular formula is C16H16INOS. The highest BCUT2D eigenvalue weighted by atomic mass is 127. The van der Waals surface area contributed by atoms with Crippen LogP contribution in [0.4, 0.5) is 5.69 Å². The van der Waals surface area contributed by atoms with Crippen LogP contribution in [-0.4, -0.2) is 5.91 Å². The number of halogens is 1. The van der Waals surface area contributed by atoms with Crippen molar-refractivity contribution in [1.29, 1.82) is 0 Å². The Bertz CT molecular complexity index is 612. The fourth-order valence-electron chi connectivity index (χ4n) is 2.53. The van der Waals surface area contributed by atoms with Crippen LogP contribution >= 0.6 is 33.9 Å². The van der Waals surface area contributed by atoms with Crippen molar-refractivity contribution in [2.45, 2.75) is 32.1 Å². The summed E-state index contributed by atoms with van der Waals surface area (Å²) in [4.78, 5) is 14.6. The van der Waals surface area contributed by atoms with Gasteiger partial charge in [-0.05, 0) is 72.0 Å². The Kier molecular flexibility index (Phi) is 4.41. The number of amides is 1. The number of anilines is 1. The van der Waals surface area contributed by atoms with Gasteiger partial charge in [0.1, 0.15) is 0 Å². The minimum absolute atomic E-state index is 0.0205. The number of nitrogens with one attached hydrogen (secondary N) is 1. The lowest BCUT2D eigenvalue weighted by Gasteiger charge is -2.05. The molecule has 1 aromatic heterocycles. The van der Waals surface area contributed by atoms with Crippen LogP contribution in [-0.2, 0) is 12.8 Å². The minimum atomic E-state index is 0.0205. The van der Waals surface area contributed by atoms with E-state index in [1.807, 2.05) is 24.3 Å². The lowest BCUT2D eigenvalue weighted by atomic mass is 10.1.